The maximum Gasteiger partial charge on any atom is 0.257 e. The number of pyridine rings is 1. The highest BCUT2D eigenvalue weighted by Gasteiger charge is 2.27. The Hall–Kier alpha value is -3.04. The fourth-order valence-corrected chi connectivity index (χ4v) is 5.24. The highest BCUT2D eigenvalue weighted by atomic mass is 32.2. The second kappa shape index (κ2) is 8.37. The Morgan fingerprint density at radius 1 is 1.10 bits per heavy atom. The minimum Gasteiger partial charge on any atom is -0.322 e. The van der Waals surface area contributed by atoms with Crippen LogP contribution < -0.4 is 5.32 Å². The molecule has 3 heterocycles. The van der Waals surface area contributed by atoms with Crippen LogP contribution in [0.5, 0.6) is 0 Å². The number of carbonyl (C=O) groups is 1. The lowest BCUT2D eigenvalue weighted by atomic mass is 10.2. The number of rotatable bonds is 5. The van der Waals surface area contributed by atoms with Crippen molar-refractivity contribution in [1.29, 1.82) is 0 Å². The molecule has 1 N–H and O–H groups in total. The lowest BCUT2D eigenvalue weighted by Gasteiger charge is -2.26. The Labute approximate surface area is 175 Å². The number of benzene rings is 1. The molecule has 4 rings (SSSR count). The van der Waals surface area contributed by atoms with Crippen molar-refractivity contribution in [3.05, 3.63) is 66.4 Å². The highest BCUT2D eigenvalue weighted by molar-refractivity contribution is 7.89. The van der Waals surface area contributed by atoms with Gasteiger partial charge in [0.1, 0.15) is 12.1 Å². The summed E-state index contributed by atoms with van der Waals surface area (Å²) < 4.78 is 29.4. The molecule has 0 unspecified atom stereocenters. The number of nitrogens with one attached hydrogen (secondary N) is 1. The first-order chi connectivity index (χ1) is 14.4. The molecule has 156 valence electrons. The summed E-state index contributed by atoms with van der Waals surface area (Å²) in [5, 5.41) is 2.77. The molecule has 2 aromatic heterocycles. The third-order valence-corrected chi connectivity index (χ3v) is 7.20. The monoisotopic (exact) mass is 425 g/mol. The van der Waals surface area contributed by atoms with Gasteiger partial charge in [-0.1, -0.05) is 12.5 Å². The van der Waals surface area contributed by atoms with Crippen LogP contribution in [-0.4, -0.2) is 46.3 Å². The Balaban J connectivity index is 1.53. The molecule has 0 atom stereocenters. The normalized spacial score (nSPS) is 15.1. The van der Waals surface area contributed by atoms with Crippen LogP contribution in [0.3, 0.4) is 0 Å². The number of anilines is 1. The zero-order chi connectivity index (χ0) is 21.1. The SMILES string of the molecule is Cc1ccc(NC(=O)c2ccc(-n3ccnc3)nc2)cc1S(=O)(=O)N1CCCCC1. The van der Waals surface area contributed by atoms with E-state index in [1.54, 1.807) is 54.5 Å². The molecule has 8 nitrogen and oxygen atoms in total. The number of hydrogen-bond acceptors (Lipinski definition) is 5. The average molecular weight is 426 g/mol. The van der Waals surface area contributed by atoms with E-state index in [2.05, 4.69) is 15.3 Å². The van der Waals surface area contributed by atoms with E-state index in [0.29, 0.717) is 35.7 Å². The number of nitrogens with zero attached hydrogens (tertiary/aromatic N) is 4. The van der Waals surface area contributed by atoms with Crippen molar-refractivity contribution in [2.45, 2.75) is 31.1 Å². The zero-order valence-electron chi connectivity index (χ0n) is 16.7. The quantitative estimate of drug-likeness (QED) is 0.678. The van der Waals surface area contributed by atoms with Crippen LogP contribution in [0, 0.1) is 6.92 Å². The number of imidazole rings is 1. The maximum atomic E-state index is 13.1. The molecule has 30 heavy (non-hydrogen) atoms. The number of aromatic nitrogens is 3. The van der Waals surface area contributed by atoms with Gasteiger partial charge >= 0.3 is 0 Å². The molecule has 1 fully saturated rings. The van der Waals surface area contributed by atoms with Gasteiger partial charge in [0.15, 0.2) is 0 Å². The number of piperidine rings is 1. The van der Waals surface area contributed by atoms with E-state index in [0.717, 1.165) is 19.3 Å². The maximum absolute atomic E-state index is 13.1. The Bertz CT molecular complexity index is 1140. The summed E-state index contributed by atoms with van der Waals surface area (Å²) >= 11 is 0. The summed E-state index contributed by atoms with van der Waals surface area (Å²) in [7, 11) is -3.59. The van der Waals surface area contributed by atoms with Crippen LogP contribution in [0.15, 0.2) is 60.1 Å². The largest absolute Gasteiger partial charge is 0.322 e. The summed E-state index contributed by atoms with van der Waals surface area (Å²) in [6.07, 6.45) is 9.30. The molecule has 0 spiro atoms. The predicted octanol–water partition coefficient (Wildman–Crippen LogP) is 3.00. The molecule has 1 saturated heterocycles. The van der Waals surface area contributed by atoms with Crippen LogP contribution in [0.25, 0.3) is 5.82 Å². The summed E-state index contributed by atoms with van der Waals surface area (Å²) in [4.78, 5) is 21.1. The molecule has 1 aliphatic heterocycles. The first-order valence-electron chi connectivity index (χ1n) is 9.82. The van der Waals surface area contributed by atoms with Gasteiger partial charge in [-0.15, -0.1) is 0 Å². The molecule has 0 saturated carbocycles. The van der Waals surface area contributed by atoms with Gasteiger partial charge in [0.25, 0.3) is 5.91 Å². The number of sulfonamides is 1. The Morgan fingerprint density at radius 2 is 1.90 bits per heavy atom. The molecule has 1 aromatic carbocycles. The third-order valence-electron chi connectivity index (χ3n) is 5.16. The molecule has 3 aromatic rings. The Kier molecular flexibility index (Phi) is 5.65. The highest BCUT2D eigenvalue weighted by Crippen LogP contribution is 2.26. The van der Waals surface area contributed by atoms with Crippen molar-refractivity contribution in [1.82, 2.24) is 18.8 Å². The van der Waals surface area contributed by atoms with E-state index in [1.165, 1.54) is 16.6 Å². The molecule has 1 amide bonds. The predicted molar refractivity (Wildman–Crippen MR) is 113 cm³/mol. The lowest BCUT2D eigenvalue weighted by molar-refractivity contribution is 0.102. The summed E-state index contributed by atoms with van der Waals surface area (Å²) in [5.74, 6) is 0.291. The average Bonchev–Trinajstić information content (AvgIpc) is 3.31. The van der Waals surface area contributed by atoms with E-state index in [1.807, 2.05) is 0 Å². The van der Waals surface area contributed by atoms with Crippen molar-refractivity contribution >= 4 is 21.6 Å². The molecular formula is C21H23N5O3S. The number of aryl methyl sites for hydroxylation is 1. The number of amides is 1. The molecule has 0 aliphatic carbocycles. The van der Waals surface area contributed by atoms with Crippen LogP contribution in [0.2, 0.25) is 0 Å². The minimum atomic E-state index is -3.59. The van der Waals surface area contributed by atoms with Gasteiger partial charge in [0.05, 0.1) is 10.5 Å². The van der Waals surface area contributed by atoms with Gasteiger partial charge in [-0.3, -0.25) is 9.36 Å². The summed E-state index contributed by atoms with van der Waals surface area (Å²) in [5.41, 5.74) is 1.46. The summed E-state index contributed by atoms with van der Waals surface area (Å²) in [6, 6.07) is 8.34. The fourth-order valence-electron chi connectivity index (χ4n) is 3.47. The molecule has 1 aliphatic rings. The smallest absolute Gasteiger partial charge is 0.257 e. The van der Waals surface area contributed by atoms with Crippen LogP contribution >= 0.6 is 0 Å². The summed E-state index contributed by atoms with van der Waals surface area (Å²) in [6.45, 7) is 2.84. The lowest BCUT2D eigenvalue weighted by Crippen LogP contribution is -2.36. The van der Waals surface area contributed by atoms with Crippen molar-refractivity contribution in [2.24, 2.45) is 0 Å². The first kappa shape index (κ1) is 20.2. The van der Waals surface area contributed by atoms with Gasteiger partial charge in [0, 0.05) is 37.4 Å². The van der Waals surface area contributed by atoms with E-state index < -0.39 is 10.0 Å². The second-order valence-corrected chi connectivity index (χ2v) is 9.18. The van der Waals surface area contributed by atoms with Gasteiger partial charge < -0.3 is 5.32 Å². The molecule has 0 radical (unpaired) electrons. The van der Waals surface area contributed by atoms with Crippen LogP contribution in [-0.2, 0) is 10.0 Å². The van der Waals surface area contributed by atoms with Crippen molar-refractivity contribution in [3.8, 4) is 5.82 Å². The van der Waals surface area contributed by atoms with Crippen molar-refractivity contribution in [2.75, 3.05) is 18.4 Å². The van der Waals surface area contributed by atoms with Crippen molar-refractivity contribution < 1.29 is 13.2 Å². The Morgan fingerprint density at radius 3 is 2.57 bits per heavy atom. The minimum absolute atomic E-state index is 0.232. The van der Waals surface area contributed by atoms with Crippen LogP contribution in [0.1, 0.15) is 35.2 Å². The first-order valence-corrected chi connectivity index (χ1v) is 11.3. The second-order valence-electron chi connectivity index (χ2n) is 7.27. The van der Waals surface area contributed by atoms with Gasteiger partial charge in [-0.2, -0.15) is 4.31 Å². The topological polar surface area (TPSA) is 97.2 Å². The van der Waals surface area contributed by atoms with E-state index in [-0.39, 0.29) is 10.8 Å². The van der Waals surface area contributed by atoms with Crippen molar-refractivity contribution in [3.63, 3.8) is 0 Å². The van der Waals surface area contributed by atoms with Crippen LogP contribution in [0.4, 0.5) is 5.69 Å². The molecular weight excluding hydrogens is 402 g/mol. The van der Waals surface area contributed by atoms with E-state index in [4.69, 9.17) is 0 Å². The van der Waals surface area contributed by atoms with Gasteiger partial charge in [-0.05, 0) is 49.6 Å². The number of carbonyl (C=O) groups excluding carboxylic acids is 1. The van der Waals surface area contributed by atoms with Gasteiger partial charge in [0.2, 0.25) is 10.0 Å². The third kappa shape index (κ3) is 4.12. The fraction of sp³-hybridized carbons (Fsp3) is 0.286. The standard InChI is InChI=1S/C21H23N5O3S/c1-16-5-7-18(13-19(16)30(28,29)26-10-3-2-4-11-26)24-21(27)17-6-8-20(23-14-17)25-12-9-22-15-25/h5-9,12-15H,2-4,10-11H2,1H3,(H,24,27). The molecule has 9 heteroatoms. The zero-order valence-corrected chi connectivity index (χ0v) is 17.5. The van der Waals surface area contributed by atoms with E-state index >= 15 is 0 Å². The molecule has 0 bridgehead atoms. The van der Waals surface area contributed by atoms with E-state index in [9.17, 15) is 13.2 Å². The number of hydrogen-bond donors (Lipinski definition) is 1. The van der Waals surface area contributed by atoms with Gasteiger partial charge in [-0.25, -0.2) is 18.4 Å².